The number of halogens is 1. The van der Waals surface area contributed by atoms with E-state index in [1.54, 1.807) is 13.3 Å². The molecule has 2 N–H and O–H groups in total. The molecule has 7 heteroatoms. The summed E-state index contributed by atoms with van der Waals surface area (Å²) in [6.07, 6.45) is 3.67. The average molecular weight is 532 g/mol. The van der Waals surface area contributed by atoms with Gasteiger partial charge in [-0.25, -0.2) is 4.98 Å². The van der Waals surface area contributed by atoms with E-state index in [1.807, 2.05) is 30.3 Å². The van der Waals surface area contributed by atoms with Gasteiger partial charge < -0.3 is 19.8 Å². The molecule has 31 heavy (non-hydrogen) atoms. The summed E-state index contributed by atoms with van der Waals surface area (Å²) >= 11 is 0. The molecule has 1 aliphatic rings. The number of hydrogen-bond acceptors (Lipinski definition) is 4. The maximum atomic E-state index is 5.63. The number of hydrogen-bond donors (Lipinski definition) is 2. The van der Waals surface area contributed by atoms with Gasteiger partial charge in [-0.1, -0.05) is 48.5 Å². The van der Waals surface area contributed by atoms with Crippen molar-refractivity contribution < 1.29 is 9.15 Å². The van der Waals surface area contributed by atoms with Gasteiger partial charge in [0, 0.05) is 37.8 Å². The van der Waals surface area contributed by atoms with E-state index in [-0.39, 0.29) is 29.4 Å². The van der Waals surface area contributed by atoms with Crippen LogP contribution in [0.1, 0.15) is 24.1 Å². The fourth-order valence-electron chi connectivity index (χ4n) is 3.87. The minimum absolute atomic E-state index is 0. The molecule has 0 saturated carbocycles. The lowest BCUT2D eigenvalue weighted by atomic mass is 9.74. The summed E-state index contributed by atoms with van der Waals surface area (Å²) in [7, 11) is 1.78. The van der Waals surface area contributed by atoms with E-state index in [2.05, 4.69) is 50.9 Å². The zero-order chi connectivity index (χ0) is 20.7. The van der Waals surface area contributed by atoms with Gasteiger partial charge in [0.25, 0.3) is 0 Å². The second kappa shape index (κ2) is 11.3. The van der Waals surface area contributed by atoms with Crippen LogP contribution in [0, 0.1) is 0 Å². The highest BCUT2D eigenvalue weighted by atomic mass is 127. The van der Waals surface area contributed by atoms with E-state index in [4.69, 9.17) is 9.15 Å². The molecule has 2 heterocycles. The summed E-state index contributed by atoms with van der Waals surface area (Å²) in [5.74, 6) is 1.38. The lowest BCUT2D eigenvalue weighted by molar-refractivity contribution is 0.0514. The number of oxazole rings is 1. The van der Waals surface area contributed by atoms with Gasteiger partial charge in [-0.15, -0.1) is 24.0 Å². The highest BCUT2D eigenvalue weighted by Crippen LogP contribution is 2.34. The van der Waals surface area contributed by atoms with Crippen molar-refractivity contribution in [2.24, 2.45) is 4.99 Å². The van der Waals surface area contributed by atoms with Gasteiger partial charge in [0.15, 0.2) is 5.96 Å². The Morgan fingerprint density at radius 1 is 1.00 bits per heavy atom. The van der Waals surface area contributed by atoms with Crippen LogP contribution in [0.2, 0.25) is 0 Å². The van der Waals surface area contributed by atoms with E-state index in [0.29, 0.717) is 12.4 Å². The number of rotatable bonds is 6. The molecule has 0 radical (unpaired) electrons. The van der Waals surface area contributed by atoms with Gasteiger partial charge in [0.2, 0.25) is 5.89 Å². The highest BCUT2D eigenvalue weighted by molar-refractivity contribution is 14.0. The number of aromatic nitrogens is 1. The van der Waals surface area contributed by atoms with Gasteiger partial charge in [-0.2, -0.15) is 0 Å². The second-order valence-corrected chi connectivity index (χ2v) is 7.55. The lowest BCUT2D eigenvalue weighted by Crippen LogP contribution is -2.47. The number of benzene rings is 2. The molecule has 1 aliphatic heterocycles. The third kappa shape index (κ3) is 5.86. The first-order valence-electron chi connectivity index (χ1n) is 10.4. The summed E-state index contributed by atoms with van der Waals surface area (Å²) < 4.78 is 11.3. The SMILES string of the molecule is CN=C(NCc1coc(-c2ccccc2)n1)NCC1(c2ccccc2)CCOCC1.I. The summed E-state index contributed by atoms with van der Waals surface area (Å²) in [5, 5.41) is 6.86. The van der Waals surface area contributed by atoms with Crippen LogP contribution in [-0.2, 0) is 16.7 Å². The largest absolute Gasteiger partial charge is 0.444 e. The standard InChI is InChI=1S/C24H28N4O2.HI/c1-25-23(26-16-21-17-30-22(28-21)19-8-4-2-5-9-19)27-18-24(12-14-29-15-13-24)20-10-6-3-7-11-20;/h2-11,17H,12-16,18H2,1H3,(H2,25,26,27);1H. The monoisotopic (exact) mass is 532 g/mol. The molecule has 0 atom stereocenters. The Balaban J connectivity index is 0.00000272. The molecule has 0 spiro atoms. The van der Waals surface area contributed by atoms with Gasteiger partial charge in [-0.3, -0.25) is 4.99 Å². The van der Waals surface area contributed by atoms with Gasteiger partial charge in [0.05, 0.1) is 12.2 Å². The molecule has 6 nitrogen and oxygen atoms in total. The number of guanidine groups is 1. The van der Waals surface area contributed by atoms with Crippen molar-refractivity contribution in [1.82, 2.24) is 15.6 Å². The summed E-state index contributed by atoms with van der Waals surface area (Å²) in [6.45, 7) is 2.90. The van der Waals surface area contributed by atoms with Crippen molar-refractivity contribution in [3.05, 3.63) is 78.2 Å². The maximum Gasteiger partial charge on any atom is 0.226 e. The Labute approximate surface area is 200 Å². The van der Waals surface area contributed by atoms with Crippen LogP contribution in [0.4, 0.5) is 0 Å². The third-order valence-corrected chi connectivity index (χ3v) is 5.66. The first-order valence-corrected chi connectivity index (χ1v) is 10.4. The van der Waals surface area contributed by atoms with Crippen LogP contribution in [0.5, 0.6) is 0 Å². The molecule has 4 rings (SSSR count). The first-order chi connectivity index (χ1) is 14.8. The number of aliphatic imine (C=N–C) groups is 1. The molecule has 2 aromatic carbocycles. The van der Waals surface area contributed by atoms with E-state index >= 15 is 0 Å². The van der Waals surface area contributed by atoms with Crippen LogP contribution >= 0.6 is 24.0 Å². The summed E-state index contributed by atoms with van der Waals surface area (Å²) in [6, 6.07) is 20.6. The van der Waals surface area contributed by atoms with Crippen molar-refractivity contribution in [2.45, 2.75) is 24.8 Å². The molecular weight excluding hydrogens is 503 g/mol. The van der Waals surface area contributed by atoms with E-state index < -0.39 is 0 Å². The highest BCUT2D eigenvalue weighted by Gasteiger charge is 2.34. The Morgan fingerprint density at radius 3 is 2.35 bits per heavy atom. The number of nitrogens with zero attached hydrogens (tertiary/aromatic N) is 2. The van der Waals surface area contributed by atoms with E-state index in [9.17, 15) is 0 Å². The van der Waals surface area contributed by atoms with Crippen LogP contribution in [0.25, 0.3) is 11.5 Å². The van der Waals surface area contributed by atoms with Crippen molar-refractivity contribution in [3.8, 4) is 11.5 Å². The van der Waals surface area contributed by atoms with E-state index in [1.165, 1.54) is 5.56 Å². The fraction of sp³-hybridized carbons (Fsp3) is 0.333. The van der Waals surface area contributed by atoms with Crippen LogP contribution in [-0.4, -0.2) is 37.7 Å². The molecule has 0 unspecified atom stereocenters. The molecule has 164 valence electrons. The number of ether oxygens (including phenoxy) is 1. The zero-order valence-electron chi connectivity index (χ0n) is 17.7. The van der Waals surface area contributed by atoms with Crippen molar-refractivity contribution >= 4 is 29.9 Å². The molecule has 0 amide bonds. The predicted molar refractivity (Wildman–Crippen MR) is 134 cm³/mol. The smallest absolute Gasteiger partial charge is 0.226 e. The zero-order valence-corrected chi connectivity index (χ0v) is 20.0. The van der Waals surface area contributed by atoms with Crippen molar-refractivity contribution in [3.63, 3.8) is 0 Å². The van der Waals surface area contributed by atoms with Gasteiger partial charge >= 0.3 is 0 Å². The number of nitrogens with one attached hydrogen (secondary N) is 2. The van der Waals surface area contributed by atoms with Crippen molar-refractivity contribution in [1.29, 1.82) is 0 Å². The minimum Gasteiger partial charge on any atom is -0.444 e. The van der Waals surface area contributed by atoms with E-state index in [0.717, 1.165) is 49.8 Å². The Morgan fingerprint density at radius 2 is 1.68 bits per heavy atom. The third-order valence-electron chi connectivity index (χ3n) is 5.66. The Kier molecular flexibility index (Phi) is 8.48. The van der Waals surface area contributed by atoms with Gasteiger partial charge in [0.1, 0.15) is 6.26 Å². The molecule has 1 fully saturated rings. The Bertz CT molecular complexity index is 954. The molecular formula is C24H29IN4O2. The lowest BCUT2D eigenvalue weighted by Gasteiger charge is -2.38. The molecule has 0 aliphatic carbocycles. The van der Waals surface area contributed by atoms with Crippen LogP contribution in [0.15, 0.2) is 76.3 Å². The normalized spacial score (nSPS) is 15.7. The first kappa shape index (κ1) is 23.3. The molecule has 3 aromatic rings. The minimum atomic E-state index is 0. The van der Waals surface area contributed by atoms with Crippen molar-refractivity contribution in [2.75, 3.05) is 26.8 Å². The quantitative estimate of drug-likeness (QED) is 0.280. The summed E-state index contributed by atoms with van der Waals surface area (Å²) in [4.78, 5) is 8.95. The fourth-order valence-corrected chi connectivity index (χ4v) is 3.87. The van der Waals surface area contributed by atoms with Gasteiger partial charge in [-0.05, 0) is 30.5 Å². The maximum absolute atomic E-state index is 5.63. The molecule has 1 aromatic heterocycles. The molecule has 0 bridgehead atoms. The average Bonchev–Trinajstić information content (AvgIpc) is 3.30. The topological polar surface area (TPSA) is 71.7 Å². The summed E-state index contributed by atoms with van der Waals surface area (Å²) in [5.41, 5.74) is 3.20. The predicted octanol–water partition coefficient (Wildman–Crippen LogP) is 4.37. The van der Waals surface area contributed by atoms with Crippen LogP contribution in [0.3, 0.4) is 0 Å². The van der Waals surface area contributed by atoms with Crippen LogP contribution < -0.4 is 10.6 Å². The molecule has 1 saturated heterocycles. The Hall–Kier alpha value is -2.39. The second-order valence-electron chi connectivity index (χ2n) is 7.55.